The predicted molar refractivity (Wildman–Crippen MR) is 98.9 cm³/mol. The van der Waals surface area contributed by atoms with Gasteiger partial charge in [-0.2, -0.15) is 0 Å². The van der Waals surface area contributed by atoms with Gasteiger partial charge in [-0.1, -0.05) is 18.2 Å². The van der Waals surface area contributed by atoms with E-state index in [1.165, 1.54) is 4.88 Å². The highest BCUT2D eigenvalue weighted by atomic mass is 79.9. The molecule has 0 aliphatic heterocycles. The van der Waals surface area contributed by atoms with Crippen LogP contribution in [0.4, 0.5) is 10.5 Å². The second kappa shape index (κ2) is 7.84. The van der Waals surface area contributed by atoms with Gasteiger partial charge in [0, 0.05) is 33.5 Å². The van der Waals surface area contributed by atoms with Crippen molar-refractivity contribution in [3.8, 4) is 0 Å². The molecule has 0 bridgehead atoms. The quantitative estimate of drug-likeness (QED) is 0.734. The molecule has 0 radical (unpaired) electrons. The van der Waals surface area contributed by atoms with Crippen LogP contribution in [0.15, 0.2) is 40.2 Å². The third-order valence-corrected chi connectivity index (χ3v) is 4.61. The SMILES string of the molecule is CC(C)(C)OC(=O)NCc1ccccc1NCc1cc(Br)cs1. The van der Waals surface area contributed by atoms with Crippen LogP contribution in [0.5, 0.6) is 0 Å². The first-order valence-electron chi connectivity index (χ1n) is 7.35. The lowest BCUT2D eigenvalue weighted by molar-refractivity contribution is 0.0523. The number of anilines is 1. The van der Waals surface area contributed by atoms with Gasteiger partial charge in [0.25, 0.3) is 0 Å². The van der Waals surface area contributed by atoms with Crippen LogP contribution in [0.1, 0.15) is 31.2 Å². The van der Waals surface area contributed by atoms with E-state index in [-0.39, 0.29) is 0 Å². The number of carbonyl (C=O) groups excluding carboxylic acids is 1. The molecule has 1 amide bonds. The summed E-state index contributed by atoms with van der Waals surface area (Å²) in [6.45, 7) is 6.72. The molecule has 23 heavy (non-hydrogen) atoms. The molecule has 0 spiro atoms. The van der Waals surface area contributed by atoms with E-state index in [9.17, 15) is 4.79 Å². The van der Waals surface area contributed by atoms with Crippen LogP contribution < -0.4 is 10.6 Å². The molecular weight excluding hydrogens is 376 g/mol. The van der Waals surface area contributed by atoms with Gasteiger partial charge in [-0.05, 0) is 54.4 Å². The van der Waals surface area contributed by atoms with Crippen LogP contribution >= 0.6 is 27.3 Å². The molecule has 0 fully saturated rings. The average molecular weight is 397 g/mol. The fraction of sp³-hybridized carbons (Fsp3) is 0.353. The first-order valence-corrected chi connectivity index (χ1v) is 9.02. The van der Waals surface area contributed by atoms with Gasteiger partial charge >= 0.3 is 6.09 Å². The van der Waals surface area contributed by atoms with Gasteiger partial charge < -0.3 is 15.4 Å². The first-order chi connectivity index (χ1) is 10.8. The zero-order valence-electron chi connectivity index (χ0n) is 13.5. The van der Waals surface area contributed by atoms with Gasteiger partial charge in [0.05, 0.1) is 0 Å². The molecule has 2 rings (SSSR count). The number of carbonyl (C=O) groups is 1. The Bertz CT molecular complexity index is 665. The van der Waals surface area contributed by atoms with Crippen molar-refractivity contribution in [2.75, 3.05) is 5.32 Å². The standard InChI is InChI=1S/C17H21BrN2O2S/c1-17(2,3)22-16(21)20-9-12-6-4-5-7-15(12)19-10-14-8-13(18)11-23-14/h4-8,11,19H,9-10H2,1-3H3,(H,20,21). The summed E-state index contributed by atoms with van der Waals surface area (Å²) < 4.78 is 6.35. The Morgan fingerprint density at radius 1 is 1.26 bits per heavy atom. The molecule has 0 aliphatic carbocycles. The Labute approximate surface area is 149 Å². The zero-order chi connectivity index (χ0) is 16.9. The van der Waals surface area contributed by atoms with Crippen LogP contribution in [0, 0.1) is 0 Å². The van der Waals surface area contributed by atoms with Gasteiger partial charge in [0.1, 0.15) is 5.60 Å². The van der Waals surface area contributed by atoms with Crippen LogP contribution in [-0.4, -0.2) is 11.7 Å². The summed E-state index contributed by atoms with van der Waals surface area (Å²) >= 11 is 5.16. The third-order valence-electron chi connectivity index (χ3n) is 2.91. The molecule has 0 aliphatic rings. The minimum atomic E-state index is -0.492. The van der Waals surface area contributed by atoms with Gasteiger partial charge in [0.2, 0.25) is 0 Å². The molecule has 1 aromatic carbocycles. The predicted octanol–water partition coefficient (Wildman–Crippen LogP) is 5.15. The maximum Gasteiger partial charge on any atom is 0.407 e. The molecular formula is C17H21BrN2O2S. The summed E-state index contributed by atoms with van der Waals surface area (Å²) in [7, 11) is 0. The van der Waals surface area contributed by atoms with Crippen molar-refractivity contribution in [1.82, 2.24) is 5.32 Å². The molecule has 124 valence electrons. The number of hydrogen-bond donors (Lipinski definition) is 2. The number of para-hydroxylation sites is 1. The second-order valence-corrected chi connectivity index (χ2v) is 8.01. The van der Waals surface area contributed by atoms with Crippen molar-refractivity contribution in [3.63, 3.8) is 0 Å². The van der Waals surface area contributed by atoms with Crippen molar-refractivity contribution < 1.29 is 9.53 Å². The van der Waals surface area contributed by atoms with Gasteiger partial charge in [0.15, 0.2) is 0 Å². The smallest absolute Gasteiger partial charge is 0.407 e. The molecule has 1 aromatic heterocycles. The minimum Gasteiger partial charge on any atom is -0.444 e. The van der Waals surface area contributed by atoms with Crippen molar-refractivity contribution in [3.05, 3.63) is 50.6 Å². The fourth-order valence-electron chi connectivity index (χ4n) is 1.96. The highest BCUT2D eigenvalue weighted by Crippen LogP contribution is 2.22. The van der Waals surface area contributed by atoms with E-state index in [0.717, 1.165) is 22.3 Å². The largest absolute Gasteiger partial charge is 0.444 e. The maximum atomic E-state index is 11.8. The van der Waals surface area contributed by atoms with Gasteiger partial charge in [-0.25, -0.2) is 4.79 Å². The first kappa shape index (κ1) is 17.8. The van der Waals surface area contributed by atoms with E-state index in [2.05, 4.69) is 38.0 Å². The number of thiophene rings is 1. The number of amides is 1. The average Bonchev–Trinajstić information content (AvgIpc) is 2.87. The lowest BCUT2D eigenvalue weighted by Crippen LogP contribution is -2.32. The summed E-state index contributed by atoms with van der Waals surface area (Å²) in [4.78, 5) is 13.0. The highest BCUT2D eigenvalue weighted by Gasteiger charge is 2.16. The Balaban J connectivity index is 1.93. The van der Waals surface area contributed by atoms with Crippen molar-refractivity contribution >= 4 is 39.0 Å². The molecule has 6 heteroatoms. The monoisotopic (exact) mass is 396 g/mol. The van der Waals surface area contributed by atoms with Gasteiger partial charge in [-0.15, -0.1) is 11.3 Å². The molecule has 2 N–H and O–H groups in total. The fourth-order valence-corrected chi connectivity index (χ4v) is 3.35. The van der Waals surface area contributed by atoms with Crippen LogP contribution in [-0.2, 0) is 17.8 Å². The summed E-state index contributed by atoms with van der Waals surface area (Å²) in [5, 5.41) is 8.27. The Hall–Kier alpha value is -1.53. The van der Waals surface area contributed by atoms with Crippen molar-refractivity contribution in [1.29, 1.82) is 0 Å². The Morgan fingerprint density at radius 2 is 2.00 bits per heavy atom. The third kappa shape index (κ3) is 6.23. The Kier molecular flexibility index (Phi) is 6.07. The summed E-state index contributed by atoms with van der Waals surface area (Å²) in [6.07, 6.45) is -0.408. The molecule has 1 heterocycles. The van der Waals surface area contributed by atoms with Crippen molar-refractivity contribution in [2.45, 2.75) is 39.5 Å². The van der Waals surface area contributed by atoms with E-state index < -0.39 is 11.7 Å². The summed E-state index contributed by atoms with van der Waals surface area (Å²) in [5.74, 6) is 0. The van der Waals surface area contributed by atoms with E-state index in [4.69, 9.17) is 4.74 Å². The number of halogens is 1. The van der Waals surface area contributed by atoms with Crippen LogP contribution in [0.3, 0.4) is 0 Å². The molecule has 2 aromatic rings. The lowest BCUT2D eigenvalue weighted by Gasteiger charge is -2.20. The number of nitrogens with one attached hydrogen (secondary N) is 2. The summed E-state index contributed by atoms with van der Waals surface area (Å²) in [6, 6.07) is 10.0. The summed E-state index contributed by atoms with van der Waals surface area (Å²) in [5.41, 5.74) is 1.54. The van der Waals surface area contributed by atoms with Gasteiger partial charge in [-0.3, -0.25) is 0 Å². The lowest BCUT2D eigenvalue weighted by atomic mass is 10.1. The Morgan fingerprint density at radius 3 is 2.65 bits per heavy atom. The normalized spacial score (nSPS) is 11.1. The maximum absolute atomic E-state index is 11.8. The minimum absolute atomic E-state index is 0.408. The number of benzene rings is 1. The molecule has 0 unspecified atom stereocenters. The van der Waals surface area contributed by atoms with Crippen molar-refractivity contribution in [2.24, 2.45) is 0 Å². The molecule has 0 saturated heterocycles. The highest BCUT2D eigenvalue weighted by molar-refractivity contribution is 9.10. The van der Waals surface area contributed by atoms with Crippen LogP contribution in [0.25, 0.3) is 0 Å². The van der Waals surface area contributed by atoms with E-state index in [1.54, 1.807) is 11.3 Å². The van der Waals surface area contributed by atoms with E-state index in [1.807, 2.05) is 45.0 Å². The molecule has 4 nitrogen and oxygen atoms in total. The van der Waals surface area contributed by atoms with E-state index in [0.29, 0.717) is 6.54 Å². The number of rotatable bonds is 5. The second-order valence-electron chi connectivity index (χ2n) is 6.10. The zero-order valence-corrected chi connectivity index (χ0v) is 15.9. The molecule has 0 atom stereocenters. The molecule has 0 saturated carbocycles. The van der Waals surface area contributed by atoms with E-state index >= 15 is 0 Å². The van der Waals surface area contributed by atoms with Crippen LogP contribution in [0.2, 0.25) is 0 Å². The topological polar surface area (TPSA) is 50.4 Å². The number of alkyl carbamates (subject to hydrolysis) is 1. The number of ether oxygens (including phenoxy) is 1. The number of hydrogen-bond acceptors (Lipinski definition) is 4.